The molecule has 1 heterocycles. The minimum Gasteiger partial charge on any atom is -0.462 e. The molecule has 0 radical (unpaired) electrons. The second-order valence-electron chi connectivity index (χ2n) is 7.27. The number of hydrogen-bond donors (Lipinski definition) is 2. The lowest BCUT2D eigenvalue weighted by atomic mass is 10.2. The molecule has 0 fully saturated rings. The van der Waals surface area contributed by atoms with Gasteiger partial charge in [-0.2, -0.15) is 0 Å². The highest BCUT2D eigenvalue weighted by Crippen LogP contribution is 2.26. The average molecular weight is 550 g/mol. The molecule has 3 rings (SSSR count). The highest BCUT2D eigenvalue weighted by atomic mass is 32.2. The SMILES string of the molecule is CCOC(=O)c1ccc(NC(=O)CSc2nnc(NC(=O)c3ccc(S(=O)(=O)N(C)C)cc3)s2)cc1. The fourth-order valence-corrected chi connectivity index (χ4v) is 5.15. The summed E-state index contributed by atoms with van der Waals surface area (Å²) < 4.78 is 30.8. The van der Waals surface area contributed by atoms with E-state index in [1.54, 1.807) is 31.2 Å². The summed E-state index contributed by atoms with van der Waals surface area (Å²) in [5.41, 5.74) is 1.18. The molecule has 0 unspecified atom stereocenters. The number of carbonyl (C=O) groups excluding carboxylic acids is 3. The summed E-state index contributed by atoms with van der Waals surface area (Å²) in [6.45, 7) is 2.00. The number of anilines is 2. The molecule has 0 saturated carbocycles. The van der Waals surface area contributed by atoms with Crippen LogP contribution in [0.2, 0.25) is 0 Å². The van der Waals surface area contributed by atoms with Gasteiger partial charge in [0, 0.05) is 25.3 Å². The molecule has 3 aromatic rings. The van der Waals surface area contributed by atoms with Crippen LogP contribution in [0.25, 0.3) is 0 Å². The van der Waals surface area contributed by atoms with E-state index in [0.29, 0.717) is 15.6 Å². The highest BCUT2D eigenvalue weighted by molar-refractivity contribution is 8.01. The van der Waals surface area contributed by atoms with Crippen LogP contribution in [0.15, 0.2) is 57.8 Å². The van der Waals surface area contributed by atoms with E-state index in [1.165, 1.54) is 38.4 Å². The Morgan fingerprint density at radius 2 is 1.61 bits per heavy atom. The molecule has 0 bridgehead atoms. The molecule has 2 amide bonds. The van der Waals surface area contributed by atoms with Crippen molar-refractivity contribution in [1.82, 2.24) is 14.5 Å². The second-order valence-corrected chi connectivity index (χ2v) is 11.6. The molecular formula is C22H23N5O6S3. The van der Waals surface area contributed by atoms with E-state index in [0.717, 1.165) is 27.4 Å². The molecule has 0 aliphatic heterocycles. The van der Waals surface area contributed by atoms with Gasteiger partial charge >= 0.3 is 5.97 Å². The minimum atomic E-state index is -3.59. The molecule has 14 heteroatoms. The largest absolute Gasteiger partial charge is 0.462 e. The summed E-state index contributed by atoms with van der Waals surface area (Å²) in [5.74, 6) is -1.12. The number of benzene rings is 2. The molecule has 190 valence electrons. The molecule has 1 aromatic heterocycles. The van der Waals surface area contributed by atoms with Crippen LogP contribution in [0.1, 0.15) is 27.6 Å². The first-order valence-corrected chi connectivity index (χ1v) is 13.7. The molecule has 0 atom stereocenters. The topological polar surface area (TPSA) is 148 Å². The van der Waals surface area contributed by atoms with E-state index in [-0.39, 0.29) is 33.9 Å². The first-order chi connectivity index (χ1) is 17.1. The number of nitrogens with zero attached hydrogens (tertiary/aromatic N) is 3. The van der Waals surface area contributed by atoms with Crippen LogP contribution in [0, 0.1) is 0 Å². The smallest absolute Gasteiger partial charge is 0.338 e. The first kappa shape index (κ1) is 27.3. The van der Waals surface area contributed by atoms with Crippen molar-refractivity contribution >= 4 is 61.7 Å². The molecular weight excluding hydrogens is 526 g/mol. The number of rotatable bonds is 10. The predicted octanol–water partition coefficient (Wildman–Crippen LogP) is 2.95. The molecule has 2 aromatic carbocycles. The number of nitrogens with one attached hydrogen (secondary N) is 2. The van der Waals surface area contributed by atoms with E-state index in [1.807, 2.05) is 0 Å². The monoisotopic (exact) mass is 549 g/mol. The maximum atomic E-state index is 12.5. The molecule has 11 nitrogen and oxygen atoms in total. The summed E-state index contributed by atoms with van der Waals surface area (Å²) in [4.78, 5) is 36.5. The average Bonchev–Trinajstić information content (AvgIpc) is 3.30. The number of thioether (sulfide) groups is 1. The maximum Gasteiger partial charge on any atom is 0.338 e. The Morgan fingerprint density at radius 1 is 0.972 bits per heavy atom. The van der Waals surface area contributed by atoms with Crippen molar-refractivity contribution in [2.45, 2.75) is 16.2 Å². The zero-order valence-corrected chi connectivity index (χ0v) is 22.0. The van der Waals surface area contributed by atoms with Gasteiger partial charge in [-0.05, 0) is 55.5 Å². The van der Waals surface area contributed by atoms with Crippen LogP contribution in [0.5, 0.6) is 0 Å². The van der Waals surface area contributed by atoms with E-state index in [4.69, 9.17) is 4.74 Å². The number of sulfonamides is 1. The van der Waals surface area contributed by atoms with Gasteiger partial charge in [0.15, 0.2) is 4.34 Å². The van der Waals surface area contributed by atoms with Crippen LogP contribution in [-0.4, -0.2) is 67.2 Å². The van der Waals surface area contributed by atoms with Crippen molar-refractivity contribution in [1.29, 1.82) is 0 Å². The molecule has 2 N–H and O–H groups in total. The number of amides is 2. The summed E-state index contributed by atoms with van der Waals surface area (Å²) in [5, 5.41) is 13.4. The lowest BCUT2D eigenvalue weighted by molar-refractivity contribution is -0.113. The molecule has 0 saturated heterocycles. The van der Waals surface area contributed by atoms with E-state index in [2.05, 4.69) is 20.8 Å². The Hall–Kier alpha value is -3.33. The van der Waals surface area contributed by atoms with Crippen molar-refractivity contribution in [2.75, 3.05) is 37.1 Å². The van der Waals surface area contributed by atoms with Crippen LogP contribution in [-0.2, 0) is 19.6 Å². The van der Waals surface area contributed by atoms with Crippen LogP contribution >= 0.6 is 23.1 Å². The van der Waals surface area contributed by atoms with Gasteiger partial charge in [-0.15, -0.1) is 10.2 Å². The normalized spacial score (nSPS) is 11.2. The van der Waals surface area contributed by atoms with Gasteiger partial charge in [-0.1, -0.05) is 23.1 Å². The Balaban J connectivity index is 1.50. The summed E-state index contributed by atoms with van der Waals surface area (Å²) in [6.07, 6.45) is 0. The van der Waals surface area contributed by atoms with Gasteiger partial charge < -0.3 is 10.1 Å². The predicted molar refractivity (Wildman–Crippen MR) is 137 cm³/mol. The van der Waals surface area contributed by atoms with Gasteiger partial charge in [-0.3, -0.25) is 14.9 Å². The van der Waals surface area contributed by atoms with Gasteiger partial charge in [0.1, 0.15) is 0 Å². The van der Waals surface area contributed by atoms with Gasteiger partial charge in [-0.25, -0.2) is 17.5 Å². The van der Waals surface area contributed by atoms with Crippen molar-refractivity contribution < 1.29 is 27.5 Å². The van der Waals surface area contributed by atoms with Gasteiger partial charge in [0.25, 0.3) is 5.91 Å². The highest BCUT2D eigenvalue weighted by Gasteiger charge is 2.18. The number of carbonyl (C=O) groups is 3. The first-order valence-electron chi connectivity index (χ1n) is 10.5. The lowest BCUT2D eigenvalue weighted by Crippen LogP contribution is -2.22. The molecule has 0 spiro atoms. The number of hydrogen-bond acceptors (Lipinski definition) is 10. The maximum absolute atomic E-state index is 12.5. The standard InChI is InChI=1S/C22H23N5O6S3/c1-4-33-20(30)15-5-9-16(10-6-15)23-18(28)13-34-22-26-25-21(35-22)24-19(29)14-7-11-17(12-8-14)36(31,32)27(2)3/h5-12H,4,13H2,1-3H3,(H,23,28)(H,24,25,29). The Morgan fingerprint density at radius 3 is 2.22 bits per heavy atom. The van der Waals surface area contributed by atoms with Crippen LogP contribution in [0.3, 0.4) is 0 Å². The van der Waals surface area contributed by atoms with Crippen molar-refractivity contribution in [3.05, 3.63) is 59.7 Å². The number of esters is 1. The van der Waals surface area contributed by atoms with E-state index < -0.39 is 21.9 Å². The Kier molecular flexibility index (Phi) is 9.14. The summed E-state index contributed by atoms with van der Waals surface area (Å²) >= 11 is 2.25. The molecule has 36 heavy (non-hydrogen) atoms. The van der Waals surface area contributed by atoms with Gasteiger partial charge in [0.2, 0.25) is 21.1 Å². The third kappa shape index (κ3) is 7.10. The Labute approximate surface area is 216 Å². The molecule has 0 aliphatic rings. The fraction of sp³-hybridized carbons (Fsp3) is 0.227. The van der Waals surface area contributed by atoms with Gasteiger partial charge in [0.05, 0.1) is 22.8 Å². The van der Waals surface area contributed by atoms with Crippen LogP contribution in [0.4, 0.5) is 10.8 Å². The quantitative estimate of drug-likeness (QED) is 0.221. The van der Waals surface area contributed by atoms with Crippen LogP contribution < -0.4 is 10.6 Å². The minimum absolute atomic E-state index is 0.0595. The third-order valence-corrected chi connectivity index (χ3v) is 8.33. The van der Waals surface area contributed by atoms with E-state index >= 15 is 0 Å². The van der Waals surface area contributed by atoms with Crippen molar-refractivity contribution in [2.24, 2.45) is 0 Å². The van der Waals surface area contributed by atoms with Crippen molar-refractivity contribution in [3.63, 3.8) is 0 Å². The zero-order chi connectivity index (χ0) is 26.3. The summed E-state index contributed by atoms with van der Waals surface area (Å²) in [6, 6.07) is 11.9. The third-order valence-electron chi connectivity index (χ3n) is 4.53. The van der Waals surface area contributed by atoms with E-state index in [9.17, 15) is 22.8 Å². The number of ether oxygens (including phenoxy) is 1. The second kappa shape index (κ2) is 12.1. The van der Waals surface area contributed by atoms with Crippen molar-refractivity contribution in [3.8, 4) is 0 Å². The summed E-state index contributed by atoms with van der Waals surface area (Å²) in [7, 11) is -0.737. The lowest BCUT2D eigenvalue weighted by Gasteiger charge is -2.11. The Bertz CT molecular complexity index is 1340. The fourth-order valence-electron chi connectivity index (χ4n) is 2.71. The molecule has 0 aliphatic carbocycles. The zero-order valence-electron chi connectivity index (χ0n) is 19.5. The number of aromatic nitrogens is 2.